The SMILES string of the molecule is COCCOc1ccc(-n2nc(C)c(C(=O)N3CCC[C@H](C)[C@@H]3CN)n2)cc1. The molecule has 0 aliphatic carbocycles. The van der Waals surface area contributed by atoms with Gasteiger partial charge in [-0.3, -0.25) is 4.79 Å². The fourth-order valence-electron chi connectivity index (χ4n) is 3.61. The van der Waals surface area contributed by atoms with Crippen molar-refractivity contribution >= 4 is 5.91 Å². The maximum atomic E-state index is 13.1. The predicted octanol–water partition coefficient (Wildman–Crippen LogP) is 1.80. The summed E-state index contributed by atoms with van der Waals surface area (Å²) >= 11 is 0. The van der Waals surface area contributed by atoms with Crippen molar-refractivity contribution in [1.82, 2.24) is 19.9 Å². The highest BCUT2D eigenvalue weighted by Gasteiger charge is 2.33. The van der Waals surface area contributed by atoms with E-state index in [9.17, 15) is 4.79 Å². The number of aryl methyl sites for hydroxylation is 1. The molecule has 0 bridgehead atoms. The third kappa shape index (κ3) is 4.34. The molecule has 1 fully saturated rings. The van der Waals surface area contributed by atoms with Crippen molar-refractivity contribution in [2.45, 2.75) is 32.7 Å². The van der Waals surface area contributed by atoms with Crippen LogP contribution in [0.5, 0.6) is 5.75 Å². The summed E-state index contributed by atoms with van der Waals surface area (Å²) in [4.78, 5) is 16.5. The first-order valence-corrected chi connectivity index (χ1v) is 9.72. The molecule has 8 heteroatoms. The van der Waals surface area contributed by atoms with E-state index in [1.165, 1.54) is 4.80 Å². The molecule has 1 aromatic heterocycles. The lowest BCUT2D eigenvalue weighted by Gasteiger charge is -2.39. The van der Waals surface area contributed by atoms with Crippen LogP contribution in [0, 0.1) is 12.8 Å². The number of carbonyl (C=O) groups excluding carboxylic acids is 1. The summed E-state index contributed by atoms with van der Waals surface area (Å²) in [6, 6.07) is 7.47. The lowest BCUT2D eigenvalue weighted by Crippen LogP contribution is -2.51. The first kappa shape index (κ1) is 20.3. The van der Waals surface area contributed by atoms with Crippen LogP contribution < -0.4 is 10.5 Å². The molecule has 1 aromatic carbocycles. The quantitative estimate of drug-likeness (QED) is 0.728. The molecule has 2 heterocycles. The maximum Gasteiger partial charge on any atom is 0.276 e. The van der Waals surface area contributed by atoms with Crippen LogP contribution in [0.2, 0.25) is 0 Å². The molecule has 152 valence electrons. The highest BCUT2D eigenvalue weighted by Crippen LogP contribution is 2.25. The van der Waals surface area contributed by atoms with Crippen molar-refractivity contribution in [2.24, 2.45) is 11.7 Å². The Kier molecular flexibility index (Phi) is 6.64. The molecular formula is C20H29N5O3. The molecule has 28 heavy (non-hydrogen) atoms. The summed E-state index contributed by atoms with van der Waals surface area (Å²) in [5.74, 6) is 1.04. The first-order chi connectivity index (χ1) is 13.5. The van der Waals surface area contributed by atoms with Crippen LogP contribution in [0.4, 0.5) is 0 Å². The number of piperidine rings is 1. The molecule has 0 spiro atoms. The smallest absolute Gasteiger partial charge is 0.276 e. The fourth-order valence-corrected chi connectivity index (χ4v) is 3.61. The second-order valence-corrected chi connectivity index (χ2v) is 7.18. The molecule has 1 amide bonds. The lowest BCUT2D eigenvalue weighted by molar-refractivity contribution is 0.0525. The highest BCUT2D eigenvalue weighted by atomic mass is 16.5. The largest absolute Gasteiger partial charge is 0.491 e. The van der Waals surface area contributed by atoms with Crippen LogP contribution in [0.1, 0.15) is 35.9 Å². The topological polar surface area (TPSA) is 95.5 Å². The van der Waals surface area contributed by atoms with Gasteiger partial charge in [-0.25, -0.2) is 0 Å². The van der Waals surface area contributed by atoms with Crippen LogP contribution in [0.25, 0.3) is 5.69 Å². The molecule has 2 atom stereocenters. The van der Waals surface area contributed by atoms with Crippen molar-refractivity contribution in [3.8, 4) is 11.4 Å². The Morgan fingerprint density at radius 2 is 2.00 bits per heavy atom. The van der Waals surface area contributed by atoms with E-state index in [-0.39, 0.29) is 11.9 Å². The Labute approximate surface area is 165 Å². The predicted molar refractivity (Wildman–Crippen MR) is 106 cm³/mol. The maximum absolute atomic E-state index is 13.1. The molecule has 8 nitrogen and oxygen atoms in total. The van der Waals surface area contributed by atoms with E-state index in [0.29, 0.717) is 43.6 Å². The first-order valence-electron chi connectivity index (χ1n) is 9.72. The number of ether oxygens (including phenoxy) is 2. The Bertz CT molecular complexity index is 790. The summed E-state index contributed by atoms with van der Waals surface area (Å²) in [5.41, 5.74) is 7.70. The van der Waals surface area contributed by atoms with E-state index in [1.807, 2.05) is 36.1 Å². The molecule has 2 aromatic rings. The summed E-state index contributed by atoms with van der Waals surface area (Å²) in [6.07, 6.45) is 2.08. The Hall–Kier alpha value is -2.45. The van der Waals surface area contributed by atoms with E-state index in [0.717, 1.165) is 24.3 Å². The number of nitrogens with zero attached hydrogens (tertiary/aromatic N) is 4. The van der Waals surface area contributed by atoms with E-state index in [2.05, 4.69) is 17.1 Å². The van der Waals surface area contributed by atoms with Crippen LogP contribution in [0.15, 0.2) is 24.3 Å². The van der Waals surface area contributed by atoms with Gasteiger partial charge >= 0.3 is 0 Å². The van der Waals surface area contributed by atoms with E-state index >= 15 is 0 Å². The zero-order valence-corrected chi connectivity index (χ0v) is 16.8. The fraction of sp³-hybridized carbons (Fsp3) is 0.550. The number of benzene rings is 1. The standard InChI is InChI=1S/C20H29N5O3/c1-14-5-4-10-24(18(14)13-21)20(26)19-15(2)22-25(23-19)16-6-8-17(9-7-16)28-12-11-27-3/h6-9,14,18H,4-5,10-13,21H2,1-3H3/t14-,18-/m0/s1. The van der Waals surface area contributed by atoms with Gasteiger partial charge in [0, 0.05) is 26.2 Å². The molecule has 0 unspecified atom stereocenters. The minimum absolute atomic E-state index is 0.0503. The van der Waals surface area contributed by atoms with Crippen molar-refractivity contribution in [3.63, 3.8) is 0 Å². The highest BCUT2D eigenvalue weighted by molar-refractivity contribution is 5.93. The number of nitrogens with two attached hydrogens (primary N) is 1. The van der Waals surface area contributed by atoms with Gasteiger partial charge in [-0.1, -0.05) is 6.92 Å². The summed E-state index contributed by atoms with van der Waals surface area (Å²) in [5, 5.41) is 8.90. The normalized spacial score (nSPS) is 19.6. The van der Waals surface area contributed by atoms with Gasteiger partial charge in [-0.05, 0) is 49.9 Å². The second-order valence-electron chi connectivity index (χ2n) is 7.18. The van der Waals surface area contributed by atoms with Crippen molar-refractivity contribution in [2.75, 3.05) is 33.4 Å². The Balaban J connectivity index is 1.76. The van der Waals surface area contributed by atoms with Crippen molar-refractivity contribution in [1.29, 1.82) is 0 Å². The molecular weight excluding hydrogens is 358 g/mol. The van der Waals surface area contributed by atoms with E-state index in [1.54, 1.807) is 7.11 Å². The van der Waals surface area contributed by atoms with Crippen LogP contribution in [0.3, 0.4) is 0 Å². The van der Waals surface area contributed by atoms with Gasteiger partial charge in [0.25, 0.3) is 5.91 Å². The minimum Gasteiger partial charge on any atom is -0.491 e. The molecule has 0 saturated carbocycles. The minimum atomic E-state index is -0.0923. The van der Waals surface area contributed by atoms with Gasteiger partial charge in [0.2, 0.25) is 0 Å². The molecule has 3 rings (SSSR count). The van der Waals surface area contributed by atoms with Crippen LogP contribution >= 0.6 is 0 Å². The molecule has 2 N–H and O–H groups in total. The second kappa shape index (κ2) is 9.16. The Morgan fingerprint density at radius 3 is 2.68 bits per heavy atom. The van der Waals surface area contributed by atoms with Crippen molar-refractivity contribution < 1.29 is 14.3 Å². The third-order valence-corrected chi connectivity index (χ3v) is 5.23. The van der Waals surface area contributed by atoms with Gasteiger partial charge in [0.05, 0.1) is 18.0 Å². The van der Waals surface area contributed by atoms with Crippen LogP contribution in [-0.2, 0) is 4.74 Å². The monoisotopic (exact) mass is 387 g/mol. The number of hydrogen-bond donors (Lipinski definition) is 1. The average molecular weight is 387 g/mol. The zero-order chi connectivity index (χ0) is 20.1. The van der Waals surface area contributed by atoms with Crippen LogP contribution in [-0.4, -0.2) is 65.3 Å². The third-order valence-electron chi connectivity index (χ3n) is 5.23. The molecule has 1 saturated heterocycles. The van der Waals surface area contributed by atoms with E-state index in [4.69, 9.17) is 15.2 Å². The number of aromatic nitrogens is 3. The molecule has 1 aliphatic heterocycles. The molecule has 0 radical (unpaired) electrons. The summed E-state index contributed by atoms with van der Waals surface area (Å²) in [7, 11) is 1.64. The zero-order valence-electron chi connectivity index (χ0n) is 16.8. The number of rotatable bonds is 7. The van der Waals surface area contributed by atoms with Gasteiger partial charge in [0.1, 0.15) is 12.4 Å². The number of likely N-dealkylation sites (tertiary alicyclic amines) is 1. The summed E-state index contributed by atoms with van der Waals surface area (Å²) in [6.45, 7) is 6.16. The van der Waals surface area contributed by atoms with Gasteiger partial charge in [-0.2, -0.15) is 9.90 Å². The molecule has 1 aliphatic rings. The van der Waals surface area contributed by atoms with Crippen molar-refractivity contribution in [3.05, 3.63) is 35.7 Å². The summed E-state index contributed by atoms with van der Waals surface area (Å²) < 4.78 is 10.5. The van der Waals surface area contributed by atoms with Gasteiger partial charge < -0.3 is 20.1 Å². The average Bonchev–Trinajstić information content (AvgIpc) is 3.09. The number of methoxy groups -OCH3 is 1. The van der Waals surface area contributed by atoms with Gasteiger partial charge in [-0.15, -0.1) is 5.10 Å². The van der Waals surface area contributed by atoms with Gasteiger partial charge in [0.15, 0.2) is 5.69 Å². The van der Waals surface area contributed by atoms with E-state index < -0.39 is 0 Å². The lowest BCUT2D eigenvalue weighted by atomic mass is 9.90. The number of amides is 1. The Morgan fingerprint density at radius 1 is 1.25 bits per heavy atom. The number of hydrogen-bond acceptors (Lipinski definition) is 6. The number of carbonyl (C=O) groups is 1.